The van der Waals surface area contributed by atoms with Crippen molar-refractivity contribution >= 4 is 18.2 Å². The quantitative estimate of drug-likeness (QED) is 0.802. The maximum Gasteiger partial charge on any atom is 0.341 e. The highest BCUT2D eigenvalue weighted by Crippen LogP contribution is 2.19. The van der Waals surface area contributed by atoms with E-state index in [1.165, 1.54) is 18.6 Å². The van der Waals surface area contributed by atoms with Crippen molar-refractivity contribution in [2.75, 3.05) is 13.1 Å². The van der Waals surface area contributed by atoms with E-state index < -0.39 is 12.1 Å². The van der Waals surface area contributed by atoms with Crippen LogP contribution in [0.1, 0.15) is 12.1 Å². The lowest BCUT2D eigenvalue weighted by Gasteiger charge is -2.19. The molecular weight excluding hydrogens is 288 g/mol. The Hall–Kier alpha value is -3.02. The van der Waals surface area contributed by atoms with Crippen LogP contribution in [0.15, 0.2) is 17.4 Å². The predicted molar refractivity (Wildman–Crippen MR) is 73.2 cm³/mol. The normalized spacial score (nSPS) is 23.2. The van der Waals surface area contributed by atoms with Gasteiger partial charge in [0.15, 0.2) is 0 Å². The van der Waals surface area contributed by atoms with Gasteiger partial charge >= 0.3 is 6.03 Å². The van der Waals surface area contributed by atoms with Crippen molar-refractivity contribution < 1.29 is 14.3 Å². The van der Waals surface area contributed by atoms with Crippen LogP contribution in [0.3, 0.4) is 0 Å². The molecule has 1 saturated heterocycles. The maximum absolute atomic E-state index is 12.2. The van der Waals surface area contributed by atoms with Gasteiger partial charge in [0, 0.05) is 31.6 Å². The van der Waals surface area contributed by atoms with Gasteiger partial charge in [0.1, 0.15) is 18.2 Å². The lowest BCUT2D eigenvalue weighted by atomic mass is 10.3. The minimum absolute atomic E-state index is 0.113. The molecule has 0 aromatic carbocycles. The first-order chi connectivity index (χ1) is 10.7. The molecule has 0 radical (unpaired) electrons. The zero-order valence-corrected chi connectivity index (χ0v) is 11.5. The van der Waals surface area contributed by atoms with Gasteiger partial charge in [0.05, 0.1) is 6.54 Å². The Balaban J connectivity index is 1.61. The van der Waals surface area contributed by atoms with Crippen LogP contribution in [0, 0.1) is 11.3 Å². The fourth-order valence-corrected chi connectivity index (χ4v) is 2.34. The summed E-state index contributed by atoms with van der Waals surface area (Å²) < 4.78 is 5.65. The molecule has 9 nitrogen and oxygen atoms in total. The number of nitrogens with one attached hydrogen (secondary N) is 1. The van der Waals surface area contributed by atoms with E-state index in [4.69, 9.17) is 10.00 Å². The molecule has 0 bridgehead atoms. The molecule has 3 amide bonds. The number of aromatic nitrogens is 2. The van der Waals surface area contributed by atoms with E-state index in [0.717, 1.165) is 0 Å². The molecule has 3 rings (SSSR count). The van der Waals surface area contributed by atoms with Gasteiger partial charge < -0.3 is 15.0 Å². The average molecular weight is 300 g/mol. The van der Waals surface area contributed by atoms with Gasteiger partial charge in [-0.25, -0.2) is 19.8 Å². The van der Waals surface area contributed by atoms with E-state index >= 15 is 0 Å². The second-order valence-electron chi connectivity index (χ2n) is 4.84. The molecule has 3 heterocycles. The lowest BCUT2D eigenvalue weighted by Crippen LogP contribution is -2.45. The molecule has 1 fully saturated rings. The number of nitrogens with zero attached hydrogens (tertiary/aromatic N) is 5. The topological polar surface area (TPSA) is 121 Å². The highest BCUT2D eigenvalue weighted by atomic mass is 16.5. The molecular formula is C13H12N6O3. The molecule has 22 heavy (non-hydrogen) atoms. The Labute approximate surface area is 125 Å². The Morgan fingerprint density at radius 2 is 2.27 bits per heavy atom. The van der Waals surface area contributed by atoms with E-state index in [-0.39, 0.29) is 23.6 Å². The van der Waals surface area contributed by atoms with Crippen molar-refractivity contribution in [2.45, 2.75) is 18.6 Å². The molecule has 2 aliphatic heterocycles. The van der Waals surface area contributed by atoms with Crippen molar-refractivity contribution in [3.8, 4) is 11.9 Å². The standard InChI is InChI=1S/C13H12N6O3/c14-5-9-11(16-3-2-15-9)22-8-1-4-19(7-8)12(20)10-6-17-13(21)18-10/h2-3,6,8,10H,1,4,7H2,(H,18,21). The third-order valence-corrected chi connectivity index (χ3v) is 3.39. The second-order valence-corrected chi connectivity index (χ2v) is 4.84. The summed E-state index contributed by atoms with van der Waals surface area (Å²) in [5, 5.41) is 11.4. The van der Waals surface area contributed by atoms with E-state index in [1.807, 2.05) is 6.07 Å². The van der Waals surface area contributed by atoms with Crippen LogP contribution >= 0.6 is 0 Å². The molecule has 2 atom stereocenters. The highest BCUT2D eigenvalue weighted by Gasteiger charge is 2.34. The van der Waals surface area contributed by atoms with Gasteiger partial charge in [-0.3, -0.25) is 4.79 Å². The van der Waals surface area contributed by atoms with Crippen LogP contribution < -0.4 is 10.1 Å². The molecule has 0 aliphatic carbocycles. The third-order valence-electron chi connectivity index (χ3n) is 3.39. The third kappa shape index (κ3) is 2.71. The van der Waals surface area contributed by atoms with E-state index in [0.29, 0.717) is 19.5 Å². The minimum Gasteiger partial charge on any atom is -0.470 e. The number of likely N-dealkylation sites (tertiary alicyclic amines) is 1. The Bertz CT molecular complexity index is 683. The van der Waals surface area contributed by atoms with Crippen molar-refractivity contribution in [1.29, 1.82) is 5.26 Å². The second kappa shape index (κ2) is 5.77. The lowest BCUT2D eigenvalue weighted by molar-refractivity contribution is -0.130. The summed E-state index contributed by atoms with van der Waals surface area (Å²) >= 11 is 0. The van der Waals surface area contributed by atoms with Crippen LogP contribution in [0.2, 0.25) is 0 Å². The van der Waals surface area contributed by atoms with Crippen LogP contribution in [0.5, 0.6) is 5.88 Å². The largest absolute Gasteiger partial charge is 0.470 e. The molecule has 1 aromatic heterocycles. The first kappa shape index (κ1) is 13.9. The van der Waals surface area contributed by atoms with E-state index in [1.54, 1.807) is 4.90 Å². The SMILES string of the molecule is N#Cc1nccnc1OC1CCN(C(=O)C2C=NC(=O)N2)C1. The van der Waals surface area contributed by atoms with Crippen molar-refractivity contribution in [3.05, 3.63) is 18.1 Å². The number of aliphatic imine (C=N–C) groups is 1. The number of carbonyl (C=O) groups is 2. The number of amides is 3. The fourth-order valence-electron chi connectivity index (χ4n) is 2.34. The van der Waals surface area contributed by atoms with Gasteiger partial charge in [-0.2, -0.15) is 5.26 Å². The van der Waals surface area contributed by atoms with Crippen LogP contribution in [-0.4, -0.2) is 58.3 Å². The summed E-state index contributed by atoms with van der Waals surface area (Å²) in [5.41, 5.74) is 0.113. The van der Waals surface area contributed by atoms with Crippen molar-refractivity contribution in [3.63, 3.8) is 0 Å². The van der Waals surface area contributed by atoms with Crippen LogP contribution in [-0.2, 0) is 4.79 Å². The smallest absolute Gasteiger partial charge is 0.341 e. The predicted octanol–water partition coefficient (Wildman–Crippen LogP) is -0.509. The zero-order chi connectivity index (χ0) is 15.5. The number of urea groups is 1. The Kier molecular flexibility index (Phi) is 3.65. The summed E-state index contributed by atoms with van der Waals surface area (Å²) in [7, 11) is 0. The van der Waals surface area contributed by atoms with Gasteiger partial charge in [0.2, 0.25) is 5.69 Å². The monoisotopic (exact) mass is 300 g/mol. The molecule has 2 aliphatic rings. The zero-order valence-electron chi connectivity index (χ0n) is 11.5. The summed E-state index contributed by atoms with van der Waals surface area (Å²) in [6, 6.07) is 0.688. The molecule has 9 heteroatoms. The molecule has 0 spiro atoms. The molecule has 112 valence electrons. The fraction of sp³-hybridized carbons (Fsp3) is 0.385. The summed E-state index contributed by atoms with van der Waals surface area (Å²) in [4.78, 5) is 36.2. The molecule has 2 unspecified atom stereocenters. The van der Waals surface area contributed by atoms with E-state index in [9.17, 15) is 9.59 Å². The first-order valence-electron chi connectivity index (χ1n) is 6.68. The van der Waals surface area contributed by atoms with Gasteiger partial charge in [0.25, 0.3) is 11.8 Å². The Morgan fingerprint density at radius 1 is 1.45 bits per heavy atom. The summed E-state index contributed by atoms with van der Waals surface area (Å²) in [6.45, 7) is 0.867. The molecule has 1 N–H and O–H groups in total. The number of rotatable bonds is 3. The minimum atomic E-state index is -0.711. The van der Waals surface area contributed by atoms with Crippen molar-refractivity contribution in [1.82, 2.24) is 20.2 Å². The average Bonchev–Trinajstić information content (AvgIpc) is 3.16. The highest BCUT2D eigenvalue weighted by molar-refractivity contribution is 6.07. The van der Waals surface area contributed by atoms with Crippen molar-refractivity contribution in [2.24, 2.45) is 4.99 Å². The number of hydrogen-bond acceptors (Lipinski definition) is 6. The molecule has 0 saturated carbocycles. The summed E-state index contributed by atoms with van der Waals surface area (Å²) in [6.07, 6.45) is 4.51. The number of carbonyl (C=O) groups excluding carboxylic acids is 2. The van der Waals surface area contributed by atoms with Gasteiger partial charge in [-0.1, -0.05) is 0 Å². The number of nitriles is 1. The number of hydrogen-bond donors (Lipinski definition) is 1. The van der Waals surface area contributed by atoms with Crippen LogP contribution in [0.25, 0.3) is 0 Å². The molecule has 1 aromatic rings. The maximum atomic E-state index is 12.2. The Morgan fingerprint density at radius 3 is 3.00 bits per heavy atom. The van der Waals surface area contributed by atoms with Crippen LogP contribution in [0.4, 0.5) is 4.79 Å². The van der Waals surface area contributed by atoms with Gasteiger partial charge in [-0.15, -0.1) is 0 Å². The first-order valence-corrected chi connectivity index (χ1v) is 6.68. The van der Waals surface area contributed by atoms with Gasteiger partial charge in [-0.05, 0) is 0 Å². The number of ether oxygens (including phenoxy) is 1. The van der Waals surface area contributed by atoms with E-state index in [2.05, 4.69) is 20.3 Å². The summed E-state index contributed by atoms with van der Waals surface area (Å²) in [5.74, 6) is -0.0552.